The molecule has 1 aromatic carbocycles. The van der Waals surface area contributed by atoms with E-state index < -0.39 is 6.10 Å². The summed E-state index contributed by atoms with van der Waals surface area (Å²) >= 11 is 0. The number of carbonyl (C=O) groups is 2. The maximum Gasteiger partial charge on any atom is 0.272 e. The van der Waals surface area contributed by atoms with E-state index in [1.54, 1.807) is 17.4 Å². The first kappa shape index (κ1) is 17.7. The predicted molar refractivity (Wildman–Crippen MR) is 99.1 cm³/mol. The number of rotatable bonds is 3. The van der Waals surface area contributed by atoms with Gasteiger partial charge in [-0.05, 0) is 24.5 Å². The molecule has 2 amide bonds. The lowest BCUT2D eigenvalue weighted by atomic mass is 9.99. The van der Waals surface area contributed by atoms with E-state index in [-0.39, 0.29) is 18.4 Å². The molecule has 2 aromatic rings. The minimum absolute atomic E-state index is 0.0361. The molecule has 1 fully saturated rings. The first-order valence-corrected chi connectivity index (χ1v) is 9.44. The Labute approximate surface area is 158 Å². The van der Waals surface area contributed by atoms with Crippen LogP contribution in [0.3, 0.4) is 0 Å². The van der Waals surface area contributed by atoms with Crippen LogP contribution in [0.4, 0.5) is 0 Å². The summed E-state index contributed by atoms with van der Waals surface area (Å²) in [4.78, 5) is 33.4. The zero-order valence-corrected chi connectivity index (χ0v) is 15.5. The van der Waals surface area contributed by atoms with Crippen molar-refractivity contribution in [1.29, 1.82) is 0 Å². The van der Waals surface area contributed by atoms with Crippen molar-refractivity contribution in [2.24, 2.45) is 0 Å². The van der Waals surface area contributed by atoms with Crippen LogP contribution in [0.15, 0.2) is 36.8 Å². The minimum atomic E-state index is -0.606. The number of carbonyl (C=O) groups excluding carboxylic acids is 2. The lowest BCUT2D eigenvalue weighted by Gasteiger charge is -2.36. The Morgan fingerprint density at radius 2 is 2.00 bits per heavy atom. The van der Waals surface area contributed by atoms with Crippen LogP contribution >= 0.6 is 0 Å². The van der Waals surface area contributed by atoms with Crippen LogP contribution in [-0.4, -0.2) is 63.5 Å². The Kier molecular flexibility index (Phi) is 4.94. The van der Waals surface area contributed by atoms with Gasteiger partial charge in [-0.25, -0.2) is 4.98 Å². The van der Waals surface area contributed by atoms with Crippen LogP contribution in [0.25, 0.3) is 0 Å². The zero-order chi connectivity index (χ0) is 18.8. The second-order valence-electron chi connectivity index (χ2n) is 6.95. The summed E-state index contributed by atoms with van der Waals surface area (Å²) in [6.07, 6.45) is 3.49. The summed E-state index contributed by atoms with van der Waals surface area (Å²) in [5.41, 5.74) is 3.04. The quantitative estimate of drug-likeness (QED) is 0.820. The third kappa shape index (κ3) is 3.47. The number of hydrogen-bond donors (Lipinski definition) is 0. The van der Waals surface area contributed by atoms with E-state index in [0.29, 0.717) is 38.5 Å². The van der Waals surface area contributed by atoms with Crippen molar-refractivity contribution < 1.29 is 14.3 Å². The lowest BCUT2D eigenvalue weighted by molar-refractivity contribution is -0.149. The van der Waals surface area contributed by atoms with Crippen LogP contribution in [0.2, 0.25) is 0 Å². The summed E-state index contributed by atoms with van der Waals surface area (Å²) in [7, 11) is 0. The largest absolute Gasteiger partial charge is 0.365 e. The Balaban J connectivity index is 1.44. The Morgan fingerprint density at radius 1 is 1.19 bits per heavy atom. The molecule has 0 radical (unpaired) electrons. The smallest absolute Gasteiger partial charge is 0.272 e. The molecule has 0 bridgehead atoms. The van der Waals surface area contributed by atoms with E-state index >= 15 is 0 Å². The zero-order valence-electron chi connectivity index (χ0n) is 15.5. The minimum Gasteiger partial charge on any atom is -0.365 e. The van der Waals surface area contributed by atoms with Crippen molar-refractivity contribution in [3.8, 4) is 0 Å². The summed E-state index contributed by atoms with van der Waals surface area (Å²) in [5.74, 6) is -0.134. The van der Waals surface area contributed by atoms with E-state index in [4.69, 9.17) is 4.74 Å². The van der Waals surface area contributed by atoms with E-state index in [2.05, 4.69) is 17.1 Å². The summed E-state index contributed by atoms with van der Waals surface area (Å²) < 4.78 is 7.54. The van der Waals surface area contributed by atoms with Gasteiger partial charge in [-0.3, -0.25) is 9.59 Å². The van der Waals surface area contributed by atoms with Gasteiger partial charge in [0.15, 0.2) is 6.10 Å². The molecular weight excluding hydrogens is 344 g/mol. The number of aromatic nitrogens is 2. The molecule has 1 saturated heterocycles. The Bertz CT molecular complexity index is 847. The lowest BCUT2D eigenvalue weighted by Crippen LogP contribution is -2.53. The number of morpholine rings is 1. The van der Waals surface area contributed by atoms with Gasteiger partial charge in [-0.2, -0.15) is 0 Å². The molecule has 2 aliphatic rings. The van der Waals surface area contributed by atoms with E-state index in [9.17, 15) is 9.59 Å². The normalized spacial score (nSPS) is 19.7. The van der Waals surface area contributed by atoms with Gasteiger partial charge in [0, 0.05) is 26.2 Å². The first-order chi connectivity index (χ1) is 13.2. The monoisotopic (exact) mass is 368 g/mol. The molecule has 1 aromatic heterocycles. The summed E-state index contributed by atoms with van der Waals surface area (Å²) in [5, 5.41) is 0. The number of benzene rings is 1. The highest BCUT2D eigenvalue weighted by Gasteiger charge is 2.34. The van der Waals surface area contributed by atoms with Gasteiger partial charge in [0.25, 0.3) is 11.8 Å². The molecule has 0 aliphatic carbocycles. The van der Waals surface area contributed by atoms with Crippen molar-refractivity contribution in [3.63, 3.8) is 0 Å². The van der Waals surface area contributed by atoms with Gasteiger partial charge in [-0.15, -0.1) is 0 Å². The number of nitrogens with zero attached hydrogens (tertiary/aromatic N) is 4. The molecule has 0 N–H and O–H groups in total. The molecule has 0 spiro atoms. The van der Waals surface area contributed by atoms with Crippen LogP contribution in [0.5, 0.6) is 0 Å². The number of amides is 2. The highest BCUT2D eigenvalue weighted by Crippen LogP contribution is 2.21. The summed E-state index contributed by atoms with van der Waals surface area (Å²) in [6.45, 7) is 5.08. The van der Waals surface area contributed by atoms with Crippen molar-refractivity contribution in [2.75, 3.05) is 26.2 Å². The Morgan fingerprint density at radius 3 is 2.81 bits per heavy atom. The van der Waals surface area contributed by atoms with Gasteiger partial charge in [0.1, 0.15) is 5.69 Å². The third-order valence-corrected chi connectivity index (χ3v) is 5.34. The van der Waals surface area contributed by atoms with Gasteiger partial charge >= 0.3 is 0 Å². The van der Waals surface area contributed by atoms with Gasteiger partial charge in [0.05, 0.1) is 25.7 Å². The number of ether oxygens (including phenoxy) is 1. The number of fused-ring (bicyclic) bond motifs is 1. The SMILES string of the molecule is CCn1cncc1C(=O)N1CCOC(C(=O)N2CCc3ccccc3C2)C1. The molecule has 1 unspecified atom stereocenters. The topological polar surface area (TPSA) is 67.7 Å². The Hall–Kier alpha value is -2.67. The molecule has 1 atom stereocenters. The highest BCUT2D eigenvalue weighted by atomic mass is 16.5. The standard InChI is InChI=1S/C20H24N4O3/c1-2-22-14-21-11-17(22)19(25)24-9-10-27-18(13-24)20(26)23-8-7-15-5-3-4-6-16(15)12-23/h3-6,11,14,18H,2,7-10,12-13H2,1H3. The van der Waals surface area contributed by atoms with Crippen molar-refractivity contribution in [2.45, 2.75) is 32.5 Å². The molecule has 27 heavy (non-hydrogen) atoms. The number of imidazole rings is 1. The van der Waals surface area contributed by atoms with E-state index in [1.165, 1.54) is 11.1 Å². The molecular formula is C20H24N4O3. The average molecular weight is 368 g/mol. The predicted octanol–water partition coefficient (Wildman–Crippen LogP) is 1.33. The molecule has 142 valence electrons. The fraction of sp³-hybridized carbons (Fsp3) is 0.450. The second kappa shape index (κ2) is 7.52. The molecule has 4 rings (SSSR count). The fourth-order valence-corrected chi connectivity index (χ4v) is 3.78. The van der Waals surface area contributed by atoms with Crippen LogP contribution in [0, 0.1) is 0 Å². The van der Waals surface area contributed by atoms with Crippen LogP contribution in [0.1, 0.15) is 28.5 Å². The average Bonchev–Trinajstić information content (AvgIpc) is 3.21. The number of aryl methyl sites for hydroxylation is 1. The maximum absolute atomic E-state index is 13.0. The molecule has 7 heteroatoms. The van der Waals surface area contributed by atoms with E-state index in [1.807, 2.05) is 28.5 Å². The van der Waals surface area contributed by atoms with Crippen molar-refractivity contribution >= 4 is 11.8 Å². The van der Waals surface area contributed by atoms with Crippen molar-refractivity contribution in [1.82, 2.24) is 19.4 Å². The molecule has 7 nitrogen and oxygen atoms in total. The first-order valence-electron chi connectivity index (χ1n) is 9.44. The maximum atomic E-state index is 13.0. The molecule has 3 heterocycles. The van der Waals surface area contributed by atoms with Gasteiger partial charge in [0.2, 0.25) is 0 Å². The van der Waals surface area contributed by atoms with Crippen LogP contribution in [-0.2, 0) is 29.0 Å². The molecule has 0 saturated carbocycles. The summed E-state index contributed by atoms with van der Waals surface area (Å²) in [6, 6.07) is 8.22. The molecule has 2 aliphatic heterocycles. The van der Waals surface area contributed by atoms with E-state index in [0.717, 1.165) is 6.42 Å². The van der Waals surface area contributed by atoms with Crippen molar-refractivity contribution in [3.05, 3.63) is 53.6 Å². The van der Waals surface area contributed by atoms with Crippen LogP contribution < -0.4 is 0 Å². The second-order valence-corrected chi connectivity index (χ2v) is 6.95. The van der Waals surface area contributed by atoms with Gasteiger partial charge < -0.3 is 19.1 Å². The third-order valence-electron chi connectivity index (χ3n) is 5.34. The number of hydrogen-bond acceptors (Lipinski definition) is 4. The fourth-order valence-electron chi connectivity index (χ4n) is 3.78. The van der Waals surface area contributed by atoms with Gasteiger partial charge in [-0.1, -0.05) is 24.3 Å². The highest BCUT2D eigenvalue weighted by molar-refractivity contribution is 5.93.